The molecule has 0 aliphatic carbocycles. The Balaban J connectivity index is 2.78. The fraction of sp³-hybridized carbons (Fsp3) is 0.143. The van der Waals surface area contributed by atoms with E-state index < -0.39 is 22.3 Å². The average Bonchev–Trinajstić information content (AvgIpc) is 2.44. The second-order valence-electron chi connectivity index (χ2n) is 4.45. The van der Waals surface area contributed by atoms with E-state index in [2.05, 4.69) is 8.92 Å². The summed E-state index contributed by atoms with van der Waals surface area (Å²) in [6.45, 7) is 1.69. The SMILES string of the molecule is COC(=O)c1c(C(=O)OS(=O)(=O)O)cc(C)c2ccccc12. The van der Waals surface area contributed by atoms with Crippen molar-refractivity contribution in [3.63, 3.8) is 0 Å². The summed E-state index contributed by atoms with van der Waals surface area (Å²) in [6, 6.07) is 8.06. The normalized spacial score (nSPS) is 11.2. The Bertz CT molecular complexity index is 868. The lowest BCUT2D eigenvalue weighted by atomic mass is 9.95. The van der Waals surface area contributed by atoms with Crippen LogP contribution in [-0.4, -0.2) is 32.0 Å². The molecule has 0 heterocycles. The van der Waals surface area contributed by atoms with Gasteiger partial charge in [0, 0.05) is 0 Å². The van der Waals surface area contributed by atoms with Gasteiger partial charge in [-0.1, -0.05) is 24.3 Å². The molecule has 0 fully saturated rings. The summed E-state index contributed by atoms with van der Waals surface area (Å²) in [7, 11) is -3.85. The molecule has 0 saturated heterocycles. The number of fused-ring (bicyclic) bond motifs is 1. The first-order valence-electron chi connectivity index (χ1n) is 6.06. The van der Waals surface area contributed by atoms with Crippen molar-refractivity contribution in [2.45, 2.75) is 6.92 Å². The van der Waals surface area contributed by atoms with Gasteiger partial charge in [-0.3, -0.25) is 4.55 Å². The van der Waals surface area contributed by atoms with Crippen molar-refractivity contribution in [2.24, 2.45) is 0 Å². The van der Waals surface area contributed by atoms with Gasteiger partial charge in [-0.05, 0) is 29.3 Å². The third-order valence-electron chi connectivity index (χ3n) is 3.04. The summed E-state index contributed by atoms with van der Waals surface area (Å²) < 4.78 is 38.6. The molecule has 0 aliphatic rings. The molecule has 0 radical (unpaired) electrons. The molecule has 0 aromatic heterocycles. The molecule has 1 N–H and O–H groups in total. The van der Waals surface area contributed by atoms with Crippen molar-refractivity contribution in [1.82, 2.24) is 0 Å². The molecule has 0 bridgehead atoms. The van der Waals surface area contributed by atoms with Crippen molar-refractivity contribution in [1.29, 1.82) is 0 Å². The molecule has 116 valence electrons. The zero-order valence-corrected chi connectivity index (χ0v) is 12.5. The maximum Gasteiger partial charge on any atom is 0.449 e. The molecule has 0 unspecified atom stereocenters. The molecule has 0 aliphatic heterocycles. The average molecular weight is 324 g/mol. The number of carbonyl (C=O) groups excluding carboxylic acids is 2. The van der Waals surface area contributed by atoms with Gasteiger partial charge in [0.05, 0.1) is 18.2 Å². The fourth-order valence-electron chi connectivity index (χ4n) is 2.18. The number of aryl methyl sites for hydroxylation is 1. The Labute approximate surface area is 126 Å². The molecule has 8 heteroatoms. The first-order chi connectivity index (χ1) is 10.2. The second-order valence-corrected chi connectivity index (χ2v) is 5.47. The first-order valence-corrected chi connectivity index (χ1v) is 7.43. The smallest absolute Gasteiger partial charge is 0.449 e. The summed E-state index contributed by atoms with van der Waals surface area (Å²) >= 11 is 0. The molecule has 2 rings (SSSR count). The van der Waals surface area contributed by atoms with E-state index in [0.717, 1.165) is 7.11 Å². The largest absolute Gasteiger partial charge is 0.465 e. The standard InChI is InChI=1S/C14H12O7S/c1-8-7-11(13(15)21-22(17,18)19)12(14(16)20-2)10-6-4-3-5-9(8)10/h3-7H,1-2H3,(H,17,18,19). The summed E-state index contributed by atoms with van der Waals surface area (Å²) in [5.74, 6) is -2.18. The Hall–Kier alpha value is -2.45. The van der Waals surface area contributed by atoms with Crippen LogP contribution >= 0.6 is 0 Å². The van der Waals surface area contributed by atoms with Gasteiger partial charge in [0.2, 0.25) is 0 Å². The molecular formula is C14H12O7S. The molecule has 0 saturated carbocycles. The van der Waals surface area contributed by atoms with Crippen LogP contribution in [0.15, 0.2) is 30.3 Å². The minimum Gasteiger partial charge on any atom is -0.465 e. The summed E-state index contributed by atoms with van der Waals surface area (Å²) in [5, 5.41) is 1.11. The Morgan fingerprint density at radius 1 is 1.09 bits per heavy atom. The predicted molar refractivity (Wildman–Crippen MR) is 77.0 cm³/mol. The highest BCUT2D eigenvalue weighted by molar-refractivity contribution is 7.81. The van der Waals surface area contributed by atoms with Gasteiger partial charge >= 0.3 is 22.3 Å². The summed E-state index contributed by atoms with van der Waals surface area (Å²) in [6.07, 6.45) is 0. The minimum atomic E-state index is -4.99. The van der Waals surface area contributed by atoms with Gasteiger partial charge < -0.3 is 8.92 Å². The maximum absolute atomic E-state index is 12.0. The zero-order chi connectivity index (χ0) is 16.5. The van der Waals surface area contributed by atoms with E-state index in [1.54, 1.807) is 31.2 Å². The lowest BCUT2D eigenvalue weighted by molar-refractivity contribution is 0.0588. The molecular weight excluding hydrogens is 312 g/mol. The van der Waals surface area contributed by atoms with Crippen LogP contribution < -0.4 is 0 Å². The number of hydrogen-bond acceptors (Lipinski definition) is 6. The Morgan fingerprint density at radius 2 is 1.68 bits per heavy atom. The number of methoxy groups -OCH3 is 1. The van der Waals surface area contributed by atoms with Crippen LogP contribution in [-0.2, 0) is 19.3 Å². The molecule has 0 atom stereocenters. The number of benzene rings is 2. The number of esters is 1. The summed E-state index contributed by atoms with van der Waals surface area (Å²) in [4.78, 5) is 23.9. The lowest BCUT2D eigenvalue weighted by Gasteiger charge is -2.12. The van der Waals surface area contributed by atoms with Gasteiger partial charge in [-0.15, -0.1) is 0 Å². The highest BCUT2D eigenvalue weighted by atomic mass is 32.3. The van der Waals surface area contributed by atoms with E-state index in [1.807, 2.05) is 0 Å². The number of carbonyl (C=O) groups is 2. The monoisotopic (exact) mass is 324 g/mol. The van der Waals surface area contributed by atoms with E-state index in [-0.39, 0.29) is 11.1 Å². The van der Waals surface area contributed by atoms with Gasteiger partial charge in [-0.25, -0.2) is 9.59 Å². The fourth-order valence-corrected chi connectivity index (χ4v) is 2.46. The molecule has 2 aromatic rings. The van der Waals surface area contributed by atoms with Crippen molar-refractivity contribution in [3.05, 3.63) is 47.0 Å². The van der Waals surface area contributed by atoms with Crippen molar-refractivity contribution >= 4 is 33.1 Å². The summed E-state index contributed by atoms with van der Waals surface area (Å²) in [5.41, 5.74) is 0.198. The molecule has 2 aromatic carbocycles. The number of rotatable bonds is 3. The molecule has 0 amide bonds. The van der Waals surface area contributed by atoms with Crippen LogP contribution in [0.25, 0.3) is 10.8 Å². The Morgan fingerprint density at radius 3 is 2.23 bits per heavy atom. The van der Waals surface area contributed by atoms with E-state index in [4.69, 9.17) is 4.55 Å². The van der Waals surface area contributed by atoms with Crippen LogP contribution in [0.2, 0.25) is 0 Å². The van der Waals surface area contributed by atoms with Crippen LogP contribution in [0.3, 0.4) is 0 Å². The predicted octanol–water partition coefficient (Wildman–Crippen LogP) is 1.89. The minimum absolute atomic E-state index is 0.127. The van der Waals surface area contributed by atoms with Gasteiger partial charge in [-0.2, -0.15) is 8.42 Å². The van der Waals surface area contributed by atoms with Crippen LogP contribution in [0.5, 0.6) is 0 Å². The highest BCUT2D eigenvalue weighted by Crippen LogP contribution is 2.27. The third-order valence-corrected chi connectivity index (χ3v) is 3.40. The van der Waals surface area contributed by atoms with Crippen LogP contribution in [0.1, 0.15) is 26.3 Å². The quantitative estimate of drug-likeness (QED) is 0.678. The Kier molecular flexibility index (Phi) is 4.16. The topological polar surface area (TPSA) is 107 Å². The lowest BCUT2D eigenvalue weighted by Crippen LogP contribution is -2.17. The molecule has 22 heavy (non-hydrogen) atoms. The van der Waals surface area contributed by atoms with E-state index in [0.29, 0.717) is 16.3 Å². The maximum atomic E-state index is 12.0. The van der Waals surface area contributed by atoms with E-state index >= 15 is 0 Å². The van der Waals surface area contributed by atoms with Crippen LogP contribution in [0.4, 0.5) is 0 Å². The highest BCUT2D eigenvalue weighted by Gasteiger charge is 2.25. The number of ether oxygens (including phenoxy) is 1. The zero-order valence-electron chi connectivity index (χ0n) is 11.7. The molecule has 7 nitrogen and oxygen atoms in total. The third kappa shape index (κ3) is 3.07. The van der Waals surface area contributed by atoms with Gasteiger partial charge in [0.1, 0.15) is 0 Å². The first kappa shape index (κ1) is 15.9. The van der Waals surface area contributed by atoms with E-state index in [1.165, 1.54) is 6.07 Å². The van der Waals surface area contributed by atoms with Crippen molar-refractivity contribution in [3.8, 4) is 0 Å². The van der Waals surface area contributed by atoms with Crippen molar-refractivity contribution in [2.75, 3.05) is 7.11 Å². The van der Waals surface area contributed by atoms with Crippen LogP contribution in [0, 0.1) is 6.92 Å². The van der Waals surface area contributed by atoms with Gasteiger partial charge in [0.15, 0.2) is 0 Å². The molecule has 0 spiro atoms. The van der Waals surface area contributed by atoms with E-state index in [9.17, 15) is 18.0 Å². The van der Waals surface area contributed by atoms with Crippen molar-refractivity contribution < 1.29 is 31.5 Å². The number of hydrogen-bond donors (Lipinski definition) is 1. The second kappa shape index (κ2) is 5.74. The van der Waals surface area contributed by atoms with Gasteiger partial charge in [0.25, 0.3) is 0 Å².